The minimum Gasteiger partial charge on any atom is -0.312 e. The molecule has 0 radical (unpaired) electrons. The zero-order valence-corrected chi connectivity index (χ0v) is 8.69. The lowest BCUT2D eigenvalue weighted by Gasteiger charge is -2.26. The third kappa shape index (κ3) is 1.65. The molecule has 1 aliphatic heterocycles. The first-order valence-corrected chi connectivity index (χ1v) is 5.59. The second-order valence-electron chi connectivity index (χ2n) is 4.37. The van der Waals surface area contributed by atoms with Crippen LogP contribution >= 0.6 is 0 Å². The van der Waals surface area contributed by atoms with Gasteiger partial charge in [-0.25, -0.2) is 4.39 Å². The molecule has 0 atom stereocenters. The molecule has 15 heavy (non-hydrogen) atoms. The summed E-state index contributed by atoms with van der Waals surface area (Å²) in [6.45, 7) is 2.85. The topological polar surface area (TPSA) is 34.0 Å². The van der Waals surface area contributed by atoms with Crippen LogP contribution < -0.4 is 0 Å². The monoisotopic (exact) mass is 210 g/mol. The second kappa shape index (κ2) is 3.56. The summed E-state index contributed by atoms with van der Waals surface area (Å²) in [6.07, 6.45) is 2.51. The molecule has 0 aromatic carbocycles. The summed E-state index contributed by atoms with van der Waals surface area (Å²) < 4.78 is 14.4. The van der Waals surface area contributed by atoms with Crippen LogP contribution in [-0.4, -0.2) is 39.4 Å². The molecule has 0 unspecified atom stereocenters. The van der Waals surface area contributed by atoms with Crippen molar-refractivity contribution in [3.05, 3.63) is 11.6 Å². The van der Waals surface area contributed by atoms with Crippen molar-refractivity contribution in [2.75, 3.05) is 19.8 Å². The first-order valence-electron chi connectivity index (χ1n) is 5.59. The molecular formula is C10H15FN4. The molecule has 0 bridgehead atoms. The van der Waals surface area contributed by atoms with E-state index in [1.54, 1.807) is 0 Å². The molecule has 0 spiro atoms. The molecule has 1 aliphatic carbocycles. The largest absolute Gasteiger partial charge is 0.312 e. The van der Waals surface area contributed by atoms with E-state index in [4.69, 9.17) is 0 Å². The van der Waals surface area contributed by atoms with Crippen molar-refractivity contribution in [2.45, 2.75) is 31.8 Å². The van der Waals surface area contributed by atoms with Crippen molar-refractivity contribution < 1.29 is 4.39 Å². The first kappa shape index (κ1) is 9.27. The molecule has 0 N–H and O–H groups in total. The van der Waals surface area contributed by atoms with Crippen LogP contribution in [0.3, 0.4) is 0 Å². The fraction of sp³-hybridized carbons (Fsp3) is 0.800. The third-order valence-electron chi connectivity index (χ3n) is 3.20. The van der Waals surface area contributed by atoms with Gasteiger partial charge in [0.1, 0.15) is 18.3 Å². The highest BCUT2D eigenvalue weighted by molar-refractivity contribution is 5.09. The Balaban J connectivity index is 1.79. The van der Waals surface area contributed by atoms with E-state index in [1.165, 1.54) is 12.8 Å². The Hall–Kier alpha value is -0.970. The van der Waals surface area contributed by atoms with E-state index < -0.39 is 0 Å². The molecule has 1 fully saturated rings. The summed E-state index contributed by atoms with van der Waals surface area (Å²) in [4.78, 5) is 2.10. The van der Waals surface area contributed by atoms with Gasteiger partial charge in [-0.2, -0.15) is 0 Å². The summed E-state index contributed by atoms with van der Waals surface area (Å²) >= 11 is 0. The molecule has 1 saturated carbocycles. The predicted octanol–water partition coefficient (Wildman–Crippen LogP) is 0.941. The molecule has 3 rings (SSSR count). The average Bonchev–Trinajstić information content (AvgIpc) is 3.00. The SMILES string of the molecule is FCCN1CCn2c(nnc2C2CC2)C1. The molecular weight excluding hydrogens is 195 g/mol. The Morgan fingerprint density at radius 3 is 2.87 bits per heavy atom. The van der Waals surface area contributed by atoms with Gasteiger partial charge in [0.2, 0.25) is 0 Å². The van der Waals surface area contributed by atoms with Crippen molar-refractivity contribution in [1.82, 2.24) is 19.7 Å². The van der Waals surface area contributed by atoms with Gasteiger partial charge in [-0.1, -0.05) is 0 Å². The molecule has 0 amide bonds. The lowest BCUT2D eigenvalue weighted by Crippen LogP contribution is -2.35. The van der Waals surface area contributed by atoms with Gasteiger partial charge in [-0.3, -0.25) is 4.90 Å². The van der Waals surface area contributed by atoms with Crippen molar-refractivity contribution >= 4 is 0 Å². The van der Waals surface area contributed by atoms with Crippen molar-refractivity contribution in [2.24, 2.45) is 0 Å². The Bertz CT molecular complexity index is 358. The van der Waals surface area contributed by atoms with Crippen molar-refractivity contribution in [3.8, 4) is 0 Å². The zero-order valence-electron chi connectivity index (χ0n) is 8.69. The molecule has 1 aromatic heterocycles. The fourth-order valence-electron chi connectivity index (χ4n) is 2.18. The van der Waals surface area contributed by atoms with E-state index in [0.29, 0.717) is 12.5 Å². The third-order valence-corrected chi connectivity index (χ3v) is 3.20. The van der Waals surface area contributed by atoms with Gasteiger partial charge in [-0.05, 0) is 12.8 Å². The molecule has 2 aliphatic rings. The average molecular weight is 210 g/mol. The summed E-state index contributed by atoms with van der Waals surface area (Å²) in [5, 5.41) is 8.45. The maximum Gasteiger partial charge on any atom is 0.147 e. The van der Waals surface area contributed by atoms with Gasteiger partial charge in [0.25, 0.3) is 0 Å². The van der Waals surface area contributed by atoms with Crippen LogP contribution in [0.5, 0.6) is 0 Å². The highest BCUT2D eigenvalue weighted by Gasteiger charge is 2.31. The Morgan fingerprint density at radius 2 is 2.13 bits per heavy atom. The molecule has 5 heteroatoms. The number of hydrogen-bond donors (Lipinski definition) is 0. The van der Waals surface area contributed by atoms with Gasteiger partial charge in [0.15, 0.2) is 0 Å². The summed E-state index contributed by atoms with van der Waals surface area (Å²) in [5.74, 6) is 2.82. The highest BCUT2D eigenvalue weighted by atomic mass is 19.1. The second-order valence-corrected chi connectivity index (χ2v) is 4.37. The van der Waals surface area contributed by atoms with Crippen LogP contribution in [0.2, 0.25) is 0 Å². The van der Waals surface area contributed by atoms with E-state index in [0.717, 1.165) is 31.3 Å². The summed E-state index contributed by atoms with van der Waals surface area (Å²) in [6, 6.07) is 0. The van der Waals surface area contributed by atoms with Crippen LogP contribution in [0.25, 0.3) is 0 Å². The summed E-state index contributed by atoms with van der Waals surface area (Å²) in [7, 11) is 0. The fourth-order valence-corrected chi connectivity index (χ4v) is 2.18. The minimum absolute atomic E-state index is 0.274. The van der Waals surface area contributed by atoms with Gasteiger partial charge in [-0.15, -0.1) is 10.2 Å². The van der Waals surface area contributed by atoms with Crippen molar-refractivity contribution in [1.29, 1.82) is 0 Å². The first-order chi connectivity index (χ1) is 7.38. The quantitative estimate of drug-likeness (QED) is 0.744. The van der Waals surface area contributed by atoms with Crippen molar-refractivity contribution in [3.63, 3.8) is 0 Å². The van der Waals surface area contributed by atoms with Crippen LogP contribution in [0.4, 0.5) is 4.39 Å². The van der Waals surface area contributed by atoms with E-state index in [2.05, 4.69) is 19.7 Å². The maximum absolute atomic E-state index is 12.2. The molecule has 82 valence electrons. The van der Waals surface area contributed by atoms with E-state index >= 15 is 0 Å². The van der Waals surface area contributed by atoms with E-state index in [-0.39, 0.29) is 6.67 Å². The number of fused-ring (bicyclic) bond motifs is 1. The standard InChI is InChI=1S/C10H15FN4/c11-3-4-14-5-6-15-9(7-14)12-13-10(15)8-1-2-8/h8H,1-7H2. The zero-order chi connectivity index (χ0) is 10.3. The minimum atomic E-state index is -0.274. The highest BCUT2D eigenvalue weighted by Crippen LogP contribution is 2.39. The molecule has 2 heterocycles. The number of rotatable bonds is 3. The lowest BCUT2D eigenvalue weighted by molar-refractivity contribution is 0.199. The normalized spacial score (nSPS) is 21.7. The van der Waals surface area contributed by atoms with E-state index in [1.807, 2.05) is 0 Å². The van der Waals surface area contributed by atoms with Gasteiger partial charge < -0.3 is 4.57 Å². The van der Waals surface area contributed by atoms with Crippen LogP contribution in [0.1, 0.15) is 30.4 Å². The molecule has 4 nitrogen and oxygen atoms in total. The number of alkyl halides is 1. The summed E-state index contributed by atoms with van der Waals surface area (Å²) in [5.41, 5.74) is 0. The Kier molecular flexibility index (Phi) is 2.20. The van der Waals surface area contributed by atoms with Gasteiger partial charge in [0.05, 0.1) is 6.54 Å². The maximum atomic E-state index is 12.2. The Morgan fingerprint density at radius 1 is 1.27 bits per heavy atom. The smallest absolute Gasteiger partial charge is 0.147 e. The van der Waals surface area contributed by atoms with Crippen LogP contribution in [0, 0.1) is 0 Å². The number of aromatic nitrogens is 3. The lowest BCUT2D eigenvalue weighted by atomic mass is 10.3. The number of hydrogen-bond acceptors (Lipinski definition) is 3. The van der Waals surface area contributed by atoms with E-state index in [9.17, 15) is 4.39 Å². The molecule has 0 saturated heterocycles. The Labute approximate surface area is 88.1 Å². The van der Waals surface area contributed by atoms with Crippen LogP contribution in [-0.2, 0) is 13.1 Å². The van der Waals surface area contributed by atoms with Gasteiger partial charge in [0, 0.05) is 25.6 Å². The predicted molar refractivity (Wildman–Crippen MR) is 53.2 cm³/mol. The number of halogens is 1. The van der Waals surface area contributed by atoms with Gasteiger partial charge >= 0.3 is 0 Å². The number of nitrogens with zero attached hydrogens (tertiary/aromatic N) is 4. The molecule has 1 aromatic rings. The van der Waals surface area contributed by atoms with Crippen LogP contribution in [0.15, 0.2) is 0 Å².